The maximum absolute atomic E-state index is 10.7. The molecule has 5 nitrogen and oxygen atoms in total. The molecule has 0 amide bonds. The maximum Gasteiger partial charge on any atom is 0.277 e. The molecule has 20 heavy (non-hydrogen) atoms. The minimum Gasteiger partial charge on any atom is -0.258 e. The van der Waals surface area contributed by atoms with Crippen LogP contribution >= 0.6 is 0 Å². The summed E-state index contributed by atoms with van der Waals surface area (Å²) in [6, 6.07) is 0. The molecule has 0 N–H and O–H groups in total. The summed E-state index contributed by atoms with van der Waals surface area (Å²) in [5.41, 5.74) is 5.26. The lowest BCUT2D eigenvalue weighted by Crippen LogP contribution is -1.96. The average Bonchev–Trinajstić information content (AvgIpc) is 2.81. The Bertz CT molecular complexity index is 634. The fourth-order valence-corrected chi connectivity index (χ4v) is 1.49. The van der Waals surface area contributed by atoms with Gasteiger partial charge in [-0.1, -0.05) is 18.2 Å². The van der Waals surface area contributed by atoms with Gasteiger partial charge >= 0.3 is 0 Å². The molecule has 1 rings (SSSR count). The predicted octanol–water partition coefficient (Wildman–Crippen LogP) is 3.67. The smallest absolute Gasteiger partial charge is 0.258 e. The van der Waals surface area contributed by atoms with Gasteiger partial charge in [-0.3, -0.25) is 10.1 Å². The summed E-state index contributed by atoms with van der Waals surface area (Å²) in [7, 11) is 0. The van der Waals surface area contributed by atoms with Gasteiger partial charge in [0.25, 0.3) is 5.70 Å². The third-order valence-corrected chi connectivity index (χ3v) is 2.38. The lowest BCUT2D eigenvalue weighted by Gasteiger charge is -1.98. The van der Waals surface area contributed by atoms with Gasteiger partial charge in [-0.05, 0) is 26.8 Å². The topological polar surface area (TPSA) is 61.0 Å². The first-order valence-electron chi connectivity index (χ1n) is 6.03. The number of hydrogen-bond acceptors (Lipinski definition) is 3. The van der Waals surface area contributed by atoms with E-state index >= 15 is 0 Å². The molecule has 0 unspecified atom stereocenters. The van der Waals surface area contributed by atoms with E-state index in [9.17, 15) is 10.1 Å². The van der Waals surface area contributed by atoms with Gasteiger partial charge in [-0.2, -0.15) is 5.10 Å². The Kier molecular flexibility index (Phi) is 5.44. The molecule has 0 saturated heterocycles. The van der Waals surface area contributed by atoms with Gasteiger partial charge in [-0.15, -0.1) is 5.73 Å². The van der Waals surface area contributed by atoms with Crippen molar-refractivity contribution in [3.05, 3.63) is 69.9 Å². The van der Waals surface area contributed by atoms with Crippen LogP contribution in [0.5, 0.6) is 0 Å². The van der Waals surface area contributed by atoms with Crippen molar-refractivity contribution >= 4 is 11.8 Å². The van der Waals surface area contributed by atoms with Crippen LogP contribution in [0, 0.1) is 10.1 Å². The van der Waals surface area contributed by atoms with Gasteiger partial charge in [0.15, 0.2) is 0 Å². The van der Waals surface area contributed by atoms with E-state index in [0.29, 0.717) is 0 Å². The summed E-state index contributed by atoms with van der Waals surface area (Å²) in [6.07, 6.45) is 9.87. The Morgan fingerprint density at radius 1 is 1.45 bits per heavy atom. The van der Waals surface area contributed by atoms with Gasteiger partial charge in [0.05, 0.1) is 17.2 Å². The van der Waals surface area contributed by atoms with Gasteiger partial charge in [0.2, 0.25) is 0 Å². The molecule has 5 heteroatoms. The second-order valence-corrected chi connectivity index (χ2v) is 4.45. The summed E-state index contributed by atoms with van der Waals surface area (Å²) < 4.78 is 1.67. The molecule has 0 spiro atoms. The van der Waals surface area contributed by atoms with E-state index < -0.39 is 4.92 Å². The number of nitro groups is 1. The fraction of sp³-hybridized carbons (Fsp3) is 0.200. The van der Waals surface area contributed by atoms with Crippen molar-refractivity contribution in [3.63, 3.8) is 0 Å². The highest BCUT2D eigenvalue weighted by Crippen LogP contribution is 2.10. The van der Waals surface area contributed by atoms with Gasteiger partial charge in [0, 0.05) is 23.5 Å². The largest absolute Gasteiger partial charge is 0.277 e. The zero-order valence-corrected chi connectivity index (χ0v) is 11.8. The zero-order valence-electron chi connectivity index (χ0n) is 11.8. The summed E-state index contributed by atoms with van der Waals surface area (Å²) in [4.78, 5) is 10.3. The first kappa shape index (κ1) is 15.4. The summed E-state index contributed by atoms with van der Waals surface area (Å²) in [6.45, 7) is 9.17. The van der Waals surface area contributed by atoms with Crippen LogP contribution in [-0.4, -0.2) is 14.7 Å². The molecule has 0 fully saturated rings. The number of nitrogens with zero attached hydrogens (tertiary/aromatic N) is 3. The molecule has 104 valence electrons. The van der Waals surface area contributed by atoms with Crippen LogP contribution in [0.1, 0.15) is 26.3 Å². The number of aromatic nitrogens is 2. The minimum atomic E-state index is -0.486. The van der Waals surface area contributed by atoms with Crippen LogP contribution in [0.4, 0.5) is 0 Å². The summed E-state index contributed by atoms with van der Waals surface area (Å²) >= 11 is 0. The predicted molar refractivity (Wildman–Crippen MR) is 80.3 cm³/mol. The SMILES string of the molecule is C=C=C/C(=C\C=C(/C)n1cc(C=C(C)C)cn1)[N+](=O)[O-]. The van der Waals surface area contributed by atoms with Crippen LogP contribution in [0.25, 0.3) is 11.8 Å². The van der Waals surface area contributed by atoms with Crippen LogP contribution in [0.15, 0.2) is 54.2 Å². The van der Waals surface area contributed by atoms with Crippen LogP contribution in [0.3, 0.4) is 0 Å². The van der Waals surface area contributed by atoms with E-state index in [4.69, 9.17) is 0 Å². The lowest BCUT2D eigenvalue weighted by atomic mass is 10.2. The third-order valence-electron chi connectivity index (χ3n) is 2.38. The van der Waals surface area contributed by atoms with E-state index in [0.717, 1.165) is 11.3 Å². The minimum absolute atomic E-state index is 0.0731. The molecular formula is C15H17N3O2. The highest BCUT2D eigenvalue weighted by atomic mass is 16.6. The molecule has 0 aliphatic carbocycles. The standard InChI is InChI=1S/C15H17N3O2/c1-5-6-15(18(19)20)8-7-13(4)17-11-14(10-16-17)9-12(2)3/h6-11H,1H2,2-4H3/b13-7+,15-8+. The van der Waals surface area contributed by atoms with E-state index in [1.165, 1.54) is 17.7 Å². The van der Waals surface area contributed by atoms with Crippen LogP contribution < -0.4 is 0 Å². The lowest BCUT2D eigenvalue weighted by molar-refractivity contribution is -0.418. The Balaban J connectivity index is 3.02. The molecule has 0 aliphatic rings. The van der Waals surface area contributed by atoms with E-state index in [2.05, 4.69) is 17.4 Å². The zero-order chi connectivity index (χ0) is 15.1. The van der Waals surface area contributed by atoms with Gasteiger partial charge in [0.1, 0.15) is 0 Å². The Morgan fingerprint density at radius 2 is 2.15 bits per heavy atom. The third kappa shape index (κ3) is 4.55. The Hall–Kier alpha value is -2.65. The van der Waals surface area contributed by atoms with Crippen molar-refractivity contribution < 1.29 is 4.92 Å². The molecule has 1 heterocycles. The van der Waals surface area contributed by atoms with E-state index in [1.54, 1.807) is 17.0 Å². The van der Waals surface area contributed by atoms with Gasteiger partial charge in [-0.25, -0.2) is 4.68 Å². The quantitative estimate of drug-likeness (QED) is 0.355. The van der Waals surface area contributed by atoms with Crippen LogP contribution in [-0.2, 0) is 0 Å². The number of hydrogen-bond donors (Lipinski definition) is 0. The molecule has 1 aromatic heterocycles. The van der Waals surface area contributed by atoms with Crippen molar-refractivity contribution in [2.24, 2.45) is 0 Å². The maximum atomic E-state index is 10.7. The Labute approximate surface area is 118 Å². The van der Waals surface area contributed by atoms with Crippen molar-refractivity contribution in [1.82, 2.24) is 9.78 Å². The first-order valence-corrected chi connectivity index (χ1v) is 6.03. The molecule has 0 bridgehead atoms. The normalized spacial score (nSPS) is 11.8. The van der Waals surface area contributed by atoms with Crippen molar-refractivity contribution in [1.29, 1.82) is 0 Å². The molecule has 1 aromatic rings. The fourth-order valence-electron chi connectivity index (χ4n) is 1.49. The van der Waals surface area contributed by atoms with Gasteiger partial charge < -0.3 is 0 Å². The second-order valence-electron chi connectivity index (χ2n) is 4.45. The molecule has 0 radical (unpaired) electrons. The number of rotatable bonds is 5. The van der Waals surface area contributed by atoms with E-state index in [1.807, 2.05) is 33.0 Å². The van der Waals surface area contributed by atoms with Crippen molar-refractivity contribution in [3.8, 4) is 0 Å². The first-order chi connectivity index (χ1) is 9.43. The summed E-state index contributed by atoms with van der Waals surface area (Å²) in [5, 5.41) is 14.9. The molecule has 0 saturated carbocycles. The molecule has 0 aliphatic heterocycles. The monoisotopic (exact) mass is 271 g/mol. The summed E-state index contributed by atoms with van der Waals surface area (Å²) in [5.74, 6) is 0. The average molecular weight is 271 g/mol. The molecule has 0 aromatic carbocycles. The molecule has 0 atom stereocenters. The number of allylic oxidation sites excluding steroid dienone is 5. The Morgan fingerprint density at radius 3 is 2.70 bits per heavy atom. The second kappa shape index (κ2) is 7.07. The van der Waals surface area contributed by atoms with Crippen molar-refractivity contribution in [2.75, 3.05) is 0 Å². The van der Waals surface area contributed by atoms with E-state index in [-0.39, 0.29) is 5.70 Å². The highest BCUT2D eigenvalue weighted by molar-refractivity contribution is 5.53. The highest BCUT2D eigenvalue weighted by Gasteiger charge is 2.04. The molecular weight excluding hydrogens is 254 g/mol. The van der Waals surface area contributed by atoms with Crippen LogP contribution in [0.2, 0.25) is 0 Å². The van der Waals surface area contributed by atoms with Crippen molar-refractivity contribution in [2.45, 2.75) is 20.8 Å².